The number of likely N-dealkylation sites (N-methyl/N-ethyl adjacent to an activating group) is 1. The first-order chi connectivity index (χ1) is 7.76. The van der Waals surface area contributed by atoms with Crippen LogP contribution in [0.15, 0.2) is 18.3 Å². The molecule has 0 amide bonds. The maximum absolute atomic E-state index is 5.67. The Labute approximate surface area is 102 Å². The molecule has 3 N–H and O–H groups in total. The van der Waals surface area contributed by atoms with E-state index in [1.165, 1.54) is 11.3 Å². The van der Waals surface area contributed by atoms with Crippen molar-refractivity contribution in [3.8, 4) is 0 Å². The molecular formula is C12H21N3S. The summed E-state index contributed by atoms with van der Waals surface area (Å²) in [5.41, 5.74) is 6.93. The molecule has 0 aliphatic rings. The SMILES string of the molecule is CCNC(CSCC)Cc1ccnc(N)c1. The van der Waals surface area contributed by atoms with E-state index in [9.17, 15) is 0 Å². The van der Waals surface area contributed by atoms with Crippen molar-refractivity contribution < 1.29 is 0 Å². The van der Waals surface area contributed by atoms with Gasteiger partial charge in [-0.05, 0) is 36.4 Å². The molecule has 3 nitrogen and oxygen atoms in total. The summed E-state index contributed by atoms with van der Waals surface area (Å²) in [5, 5.41) is 3.50. The number of nitrogen functional groups attached to an aromatic ring is 1. The van der Waals surface area contributed by atoms with Crippen molar-refractivity contribution in [3.63, 3.8) is 0 Å². The Morgan fingerprint density at radius 2 is 2.31 bits per heavy atom. The van der Waals surface area contributed by atoms with Crippen LogP contribution in [-0.2, 0) is 6.42 Å². The van der Waals surface area contributed by atoms with E-state index in [4.69, 9.17) is 5.73 Å². The normalized spacial score (nSPS) is 12.6. The quantitative estimate of drug-likeness (QED) is 0.763. The van der Waals surface area contributed by atoms with Crippen molar-refractivity contribution in [2.24, 2.45) is 0 Å². The molecule has 90 valence electrons. The molecule has 1 atom stereocenters. The van der Waals surface area contributed by atoms with Crippen LogP contribution in [0, 0.1) is 0 Å². The number of nitrogens with one attached hydrogen (secondary N) is 1. The zero-order valence-electron chi connectivity index (χ0n) is 10.1. The van der Waals surface area contributed by atoms with Gasteiger partial charge in [0.2, 0.25) is 0 Å². The van der Waals surface area contributed by atoms with E-state index >= 15 is 0 Å². The zero-order chi connectivity index (χ0) is 11.8. The van der Waals surface area contributed by atoms with E-state index in [2.05, 4.69) is 24.1 Å². The average molecular weight is 239 g/mol. The fourth-order valence-electron chi connectivity index (χ4n) is 1.64. The highest BCUT2D eigenvalue weighted by Crippen LogP contribution is 2.10. The lowest BCUT2D eigenvalue weighted by Crippen LogP contribution is -2.33. The largest absolute Gasteiger partial charge is 0.384 e. The first kappa shape index (κ1) is 13.3. The molecule has 0 radical (unpaired) electrons. The number of hydrogen-bond acceptors (Lipinski definition) is 4. The third kappa shape index (κ3) is 4.86. The molecule has 4 heteroatoms. The number of rotatable bonds is 7. The third-order valence-corrected chi connectivity index (χ3v) is 3.39. The van der Waals surface area contributed by atoms with Gasteiger partial charge >= 0.3 is 0 Å². The van der Waals surface area contributed by atoms with Gasteiger partial charge in [0, 0.05) is 18.0 Å². The van der Waals surface area contributed by atoms with Crippen LogP contribution in [0.3, 0.4) is 0 Å². The van der Waals surface area contributed by atoms with Gasteiger partial charge in [-0.15, -0.1) is 0 Å². The standard InChI is InChI=1S/C12H21N3S/c1-3-14-11(9-16-4-2)7-10-5-6-15-12(13)8-10/h5-6,8,11,14H,3-4,7,9H2,1-2H3,(H2,13,15). The van der Waals surface area contributed by atoms with Crippen molar-refractivity contribution >= 4 is 17.6 Å². The van der Waals surface area contributed by atoms with E-state index in [1.54, 1.807) is 6.20 Å². The van der Waals surface area contributed by atoms with Crippen LogP contribution in [0.1, 0.15) is 19.4 Å². The second-order valence-corrected chi connectivity index (χ2v) is 5.03. The Hall–Kier alpha value is -0.740. The molecule has 0 saturated heterocycles. The monoisotopic (exact) mass is 239 g/mol. The third-order valence-electron chi connectivity index (χ3n) is 2.34. The molecule has 0 fully saturated rings. The smallest absolute Gasteiger partial charge is 0.123 e. The van der Waals surface area contributed by atoms with Gasteiger partial charge in [-0.25, -0.2) is 4.98 Å². The van der Waals surface area contributed by atoms with Crippen molar-refractivity contribution in [3.05, 3.63) is 23.9 Å². The lowest BCUT2D eigenvalue weighted by molar-refractivity contribution is 0.572. The van der Waals surface area contributed by atoms with Crippen molar-refractivity contribution in [1.29, 1.82) is 0 Å². The Bertz CT molecular complexity index is 304. The fourth-order valence-corrected chi connectivity index (χ4v) is 2.40. The summed E-state index contributed by atoms with van der Waals surface area (Å²) in [6.07, 6.45) is 2.80. The lowest BCUT2D eigenvalue weighted by atomic mass is 10.1. The number of aromatic nitrogens is 1. The highest BCUT2D eigenvalue weighted by Gasteiger charge is 2.08. The molecule has 1 heterocycles. The van der Waals surface area contributed by atoms with Crippen LogP contribution in [0.2, 0.25) is 0 Å². The summed E-state index contributed by atoms with van der Waals surface area (Å²) in [7, 11) is 0. The van der Waals surface area contributed by atoms with Crippen LogP contribution < -0.4 is 11.1 Å². The summed E-state index contributed by atoms with van der Waals surface area (Å²) >= 11 is 1.97. The molecule has 1 aromatic heterocycles. The Morgan fingerprint density at radius 3 is 2.94 bits per heavy atom. The minimum absolute atomic E-state index is 0.525. The van der Waals surface area contributed by atoms with E-state index in [0.29, 0.717) is 11.9 Å². The highest BCUT2D eigenvalue weighted by atomic mass is 32.2. The van der Waals surface area contributed by atoms with Crippen LogP contribution in [-0.4, -0.2) is 29.1 Å². The number of hydrogen-bond donors (Lipinski definition) is 2. The van der Waals surface area contributed by atoms with Gasteiger partial charge in [0.15, 0.2) is 0 Å². The van der Waals surface area contributed by atoms with Crippen molar-refractivity contribution in [1.82, 2.24) is 10.3 Å². The van der Waals surface area contributed by atoms with E-state index < -0.39 is 0 Å². The summed E-state index contributed by atoms with van der Waals surface area (Å²) < 4.78 is 0. The van der Waals surface area contributed by atoms with Gasteiger partial charge in [-0.1, -0.05) is 13.8 Å². The van der Waals surface area contributed by atoms with Crippen LogP contribution in [0.4, 0.5) is 5.82 Å². The summed E-state index contributed by atoms with van der Waals surface area (Å²) in [5.74, 6) is 2.92. The molecular weight excluding hydrogens is 218 g/mol. The first-order valence-electron chi connectivity index (χ1n) is 5.77. The van der Waals surface area contributed by atoms with Gasteiger partial charge in [0.25, 0.3) is 0 Å². The maximum Gasteiger partial charge on any atom is 0.123 e. The summed E-state index contributed by atoms with van der Waals surface area (Å²) in [4.78, 5) is 4.01. The molecule has 1 aromatic rings. The van der Waals surface area contributed by atoms with Gasteiger partial charge < -0.3 is 11.1 Å². The van der Waals surface area contributed by atoms with Crippen molar-refractivity contribution in [2.75, 3.05) is 23.8 Å². The molecule has 0 aliphatic heterocycles. The molecule has 0 aliphatic carbocycles. The van der Waals surface area contributed by atoms with E-state index in [-0.39, 0.29) is 0 Å². The van der Waals surface area contributed by atoms with Gasteiger partial charge in [0.1, 0.15) is 5.82 Å². The molecule has 1 rings (SSSR count). The van der Waals surface area contributed by atoms with E-state index in [0.717, 1.165) is 18.7 Å². The van der Waals surface area contributed by atoms with Gasteiger partial charge in [-0.3, -0.25) is 0 Å². The summed E-state index contributed by atoms with van der Waals surface area (Å²) in [6.45, 7) is 5.35. The minimum atomic E-state index is 0.525. The zero-order valence-corrected chi connectivity index (χ0v) is 10.9. The second kappa shape index (κ2) is 7.52. The molecule has 0 spiro atoms. The van der Waals surface area contributed by atoms with E-state index in [1.807, 2.05) is 23.9 Å². The minimum Gasteiger partial charge on any atom is -0.384 e. The Balaban J connectivity index is 2.52. The predicted octanol–water partition coefficient (Wildman–Crippen LogP) is 1.94. The molecule has 0 saturated carbocycles. The molecule has 0 aromatic carbocycles. The van der Waals surface area contributed by atoms with Crippen LogP contribution >= 0.6 is 11.8 Å². The number of nitrogens with zero attached hydrogens (tertiary/aromatic N) is 1. The average Bonchev–Trinajstić information content (AvgIpc) is 2.26. The molecule has 0 bridgehead atoms. The molecule has 1 unspecified atom stereocenters. The van der Waals surface area contributed by atoms with Crippen molar-refractivity contribution in [2.45, 2.75) is 26.3 Å². The van der Waals surface area contributed by atoms with Crippen LogP contribution in [0.5, 0.6) is 0 Å². The number of anilines is 1. The van der Waals surface area contributed by atoms with Crippen LogP contribution in [0.25, 0.3) is 0 Å². The number of thioether (sulfide) groups is 1. The Morgan fingerprint density at radius 1 is 1.50 bits per heavy atom. The second-order valence-electron chi connectivity index (χ2n) is 3.71. The van der Waals surface area contributed by atoms with Gasteiger partial charge in [-0.2, -0.15) is 11.8 Å². The predicted molar refractivity (Wildman–Crippen MR) is 72.8 cm³/mol. The first-order valence-corrected chi connectivity index (χ1v) is 6.93. The Kier molecular flexibility index (Phi) is 6.26. The topological polar surface area (TPSA) is 50.9 Å². The summed E-state index contributed by atoms with van der Waals surface area (Å²) in [6, 6.07) is 4.52. The number of pyridine rings is 1. The highest BCUT2D eigenvalue weighted by molar-refractivity contribution is 7.99. The number of nitrogens with two attached hydrogens (primary N) is 1. The molecule has 16 heavy (non-hydrogen) atoms. The maximum atomic E-state index is 5.67. The lowest BCUT2D eigenvalue weighted by Gasteiger charge is -2.17. The fraction of sp³-hybridized carbons (Fsp3) is 0.583. The van der Waals surface area contributed by atoms with Gasteiger partial charge in [0.05, 0.1) is 0 Å².